The van der Waals surface area contributed by atoms with Crippen LogP contribution in [0.2, 0.25) is 0 Å². The van der Waals surface area contributed by atoms with Crippen molar-refractivity contribution in [3.8, 4) is 0 Å². The lowest BCUT2D eigenvalue weighted by atomic mass is 9.80. The average Bonchev–Trinajstić information content (AvgIpc) is 2.91. The van der Waals surface area contributed by atoms with Crippen LogP contribution >= 0.6 is 0 Å². The standard InChI is InChI=1S/C18H24N4O/c1-3-18(17(19)23,11-15-12-20-13-21(15)2)22-10-9-16(22)14-7-5-4-6-8-14/h4-8,12-13,16H,3,9-11H2,1-2H3,(H2,19,23). The van der Waals surface area contributed by atoms with Crippen molar-refractivity contribution in [2.75, 3.05) is 6.54 Å². The summed E-state index contributed by atoms with van der Waals surface area (Å²) in [5.74, 6) is -0.248. The summed E-state index contributed by atoms with van der Waals surface area (Å²) in [6.45, 7) is 2.94. The van der Waals surface area contributed by atoms with E-state index in [0.717, 1.165) is 18.7 Å². The monoisotopic (exact) mass is 312 g/mol. The van der Waals surface area contributed by atoms with Gasteiger partial charge in [-0.15, -0.1) is 0 Å². The van der Waals surface area contributed by atoms with Crippen molar-refractivity contribution in [3.63, 3.8) is 0 Å². The van der Waals surface area contributed by atoms with Crippen LogP contribution in [-0.4, -0.2) is 32.4 Å². The first-order valence-corrected chi connectivity index (χ1v) is 8.15. The van der Waals surface area contributed by atoms with Gasteiger partial charge in [0.05, 0.1) is 6.33 Å². The molecule has 1 aromatic heterocycles. The molecule has 0 saturated carbocycles. The van der Waals surface area contributed by atoms with Gasteiger partial charge < -0.3 is 10.3 Å². The number of hydrogen-bond acceptors (Lipinski definition) is 3. The lowest BCUT2D eigenvalue weighted by molar-refractivity contribution is -0.138. The summed E-state index contributed by atoms with van der Waals surface area (Å²) < 4.78 is 1.96. The van der Waals surface area contributed by atoms with Crippen molar-refractivity contribution >= 4 is 5.91 Å². The Kier molecular flexibility index (Phi) is 4.22. The fourth-order valence-electron chi connectivity index (χ4n) is 3.61. The Bertz CT molecular complexity index is 681. The topological polar surface area (TPSA) is 64.2 Å². The highest BCUT2D eigenvalue weighted by Gasteiger charge is 2.48. The fourth-order valence-corrected chi connectivity index (χ4v) is 3.61. The van der Waals surface area contributed by atoms with E-state index in [1.807, 2.05) is 42.9 Å². The van der Waals surface area contributed by atoms with Gasteiger partial charge in [0.1, 0.15) is 5.54 Å². The minimum absolute atomic E-state index is 0.248. The lowest BCUT2D eigenvalue weighted by Gasteiger charge is -2.52. The van der Waals surface area contributed by atoms with Crippen LogP contribution in [0.25, 0.3) is 0 Å². The number of hydrogen-bond donors (Lipinski definition) is 1. The number of nitrogens with two attached hydrogens (primary N) is 1. The predicted molar refractivity (Wildman–Crippen MR) is 89.6 cm³/mol. The Labute approximate surface area is 137 Å². The highest BCUT2D eigenvalue weighted by atomic mass is 16.1. The van der Waals surface area contributed by atoms with E-state index in [1.54, 1.807) is 6.33 Å². The van der Waals surface area contributed by atoms with Gasteiger partial charge in [-0.2, -0.15) is 0 Å². The van der Waals surface area contributed by atoms with E-state index in [4.69, 9.17) is 5.73 Å². The van der Waals surface area contributed by atoms with Gasteiger partial charge in [0.2, 0.25) is 5.91 Å². The molecule has 1 aromatic carbocycles. The average molecular weight is 312 g/mol. The minimum Gasteiger partial charge on any atom is -0.368 e. The second-order valence-electron chi connectivity index (χ2n) is 6.33. The summed E-state index contributed by atoms with van der Waals surface area (Å²) in [5.41, 5.74) is 7.51. The molecule has 0 aliphatic carbocycles. The number of benzene rings is 1. The number of carbonyl (C=O) groups is 1. The number of likely N-dealkylation sites (tertiary alicyclic amines) is 1. The molecule has 2 N–H and O–H groups in total. The fraction of sp³-hybridized carbons (Fsp3) is 0.444. The van der Waals surface area contributed by atoms with Gasteiger partial charge in [-0.1, -0.05) is 37.3 Å². The van der Waals surface area contributed by atoms with E-state index in [1.165, 1.54) is 5.56 Å². The first-order valence-electron chi connectivity index (χ1n) is 8.15. The predicted octanol–water partition coefficient (Wildman–Crippen LogP) is 2.04. The van der Waals surface area contributed by atoms with Gasteiger partial charge in [0.15, 0.2) is 0 Å². The van der Waals surface area contributed by atoms with Gasteiger partial charge in [0.25, 0.3) is 0 Å². The highest BCUT2D eigenvalue weighted by molar-refractivity contribution is 5.85. The molecule has 1 amide bonds. The third-order valence-corrected chi connectivity index (χ3v) is 5.19. The van der Waals surface area contributed by atoms with E-state index < -0.39 is 5.54 Å². The van der Waals surface area contributed by atoms with Crippen LogP contribution in [0.4, 0.5) is 0 Å². The molecular weight excluding hydrogens is 288 g/mol. The van der Waals surface area contributed by atoms with Crippen molar-refractivity contribution in [2.45, 2.75) is 37.8 Å². The highest BCUT2D eigenvalue weighted by Crippen LogP contribution is 2.42. The third-order valence-electron chi connectivity index (χ3n) is 5.19. The Morgan fingerprint density at radius 3 is 2.61 bits per heavy atom. The van der Waals surface area contributed by atoms with Crippen LogP contribution in [0.3, 0.4) is 0 Å². The summed E-state index contributed by atoms with van der Waals surface area (Å²) in [5, 5.41) is 0. The van der Waals surface area contributed by atoms with Crippen LogP contribution in [0.1, 0.15) is 37.1 Å². The number of aryl methyl sites for hydroxylation is 1. The van der Waals surface area contributed by atoms with Crippen LogP contribution < -0.4 is 5.73 Å². The molecule has 1 fully saturated rings. The first kappa shape index (κ1) is 15.7. The molecule has 5 heteroatoms. The van der Waals surface area contributed by atoms with E-state index in [0.29, 0.717) is 12.8 Å². The zero-order chi connectivity index (χ0) is 16.4. The van der Waals surface area contributed by atoms with Gasteiger partial charge in [-0.05, 0) is 18.4 Å². The largest absolute Gasteiger partial charge is 0.368 e. The van der Waals surface area contributed by atoms with Crippen molar-refractivity contribution < 1.29 is 4.79 Å². The van der Waals surface area contributed by atoms with Crippen molar-refractivity contribution in [1.82, 2.24) is 14.5 Å². The molecule has 2 aromatic rings. The Hall–Kier alpha value is -2.14. The molecule has 2 atom stereocenters. The van der Waals surface area contributed by atoms with E-state index in [9.17, 15) is 4.79 Å². The summed E-state index contributed by atoms with van der Waals surface area (Å²) in [6, 6.07) is 10.6. The van der Waals surface area contributed by atoms with E-state index in [-0.39, 0.29) is 11.9 Å². The van der Waals surface area contributed by atoms with Gasteiger partial charge >= 0.3 is 0 Å². The quantitative estimate of drug-likeness (QED) is 0.888. The maximum absolute atomic E-state index is 12.5. The maximum Gasteiger partial charge on any atom is 0.238 e. The number of primary amides is 1. The first-order chi connectivity index (χ1) is 11.1. The molecule has 23 heavy (non-hydrogen) atoms. The molecule has 1 aliphatic heterocycles. The van der Waals surface area contributed by atoms with Crippen molar-refractivity contribution in [1.29, 1.82) is 0 Å². The van der Waals surface area contributed by atoms with Crippen molar-refractivity contribution in [3.05, 3.63) is 54.1 Å². The zero-order valence-electron chi connectivity index (χ0n) is 13.8. The normalized spacial score (nSPS) is 20.7. The molecule has 0 radical (unpaired) electrons. The number of amides is 1. The van der Waals surface area contributed by atoms with Crippen LogP contribution in [0, 0.1) is 0 Å². The number of imidazole rings is 1. The molecule has 2 unspecified atom stereocenters. The molecule has 1 saturated heterocycles. The molecule has 0 spiro atoms. The zero-order valence-corrected chi connectivity index (χ0v) is 13.8. The maximum atomic E-state index is 12.5. The Morgan fingerprint density at radius 2 is 2.13 bits per heavy atom. The summed E-state index contributed by atoms with van der Waals surface area (Å²) in [4.78, 5) is 18.9. The van der Waals surface area contributed by atoms with Crippen LogP contribution in [0.5, 0.6) is 0 Å². The lowest BCUT2D eigenvalue weighted by Crippen LogP contribution is -2.64. The molecular formula is C18H24N4O. The summed E-state index contributed by atoms with van der Waals surface area (Å²) >= 11 is 0. The summed E-state index contributed by atoms with van der Waals surface area (Å²) in [6.07, 6.45) is 5.94. The number of aromatic nitrogens is 2. The van der Waals surface area contributed by atoms with Gasteiger partial charge in [0, 0.05) is 37.9 Å². The van der Waals surface area contributed by atoms with Crippen LogP contribution in [0.15, 0.2) is 42.9 Å². The minimum atomic E-state index is -0.660. The second kappa shape index (κ2) is 6.16. The molecule has 2 heterocycles. The molecule has 1 aliphatic rings. The van der Waals surface area contributed by atoms with Gasteiger partial charge in [-0.3, -0.25) is 9.69 Å². The number of carbonyl (C=O) groups excluding carboxylic acids is 1. The Balaban J connectivity index is 1.93. The SMILES string of the molecule is CCC(Cc1cncn1C)(C(N)=O)N1CCC1c1ccccc1. The van der Waals surface area contributed by atoms with Crippen LogP contribution in [-0.2, 0) is 18.3 Å². The molecule has 5 nitrogen and oxygen atoms in total. The second-order valence-corrected chi connectivity index (χ2v) is 6.33. The van der Waals surface area contributed by atoms with Gasteiger partial charge in [-0.25, -0.2) is 4.98 Å². The number of nitrogens with zero attached hydrogens (tertiary/aromatic N) is 3. The number of rotatable bonds is 6. The molecule has 3 rings (SSSR count). The Morgan fingerprint density at radius 1 is 1.39 bits per heavy atom. The smallest absolute Gasteiger partial charge is 0.238 e. The third kappa shape index (κ3) is 2.65. The van der Waals surface area contributed by atoms with E-state index >= 15 is 0 Å². The van der Waals surface area contributed by atoms with E-state index in [2.05, 4.69) is 22.0 Å². The molecule has 0 bridgehead atoms. The summed E-state index contributed by atoms with van der Waals surface area (Å²) in [7, 11) is 1.95. The van der Waals surface area contributed by atoms with Crippen molar-refractivity contribution in [2.24, 2.45) is 12.8 Å². The molecule has 122 valence electrons.